The van der Waals surface area contributed by atoms with E-state index in [-0.39, 0.29) is 0 Å². The number of oxime groups is 1. The van der Waals surface area contributed by atoms with E-state index in [4.69, 9.17) is 14.7 Å². The molecular formula is C19H23NO3. The van der Waals surface area contributed by atoms with Gasteiger partial charge in [0, 0.05) is 5.56 Å². The van der Waals surface area contributed by atoms with Crippen molar-refractivity contribution in [3.8, 4) is 11.5 Å². The molecule has 2 aromatic rings. The van der Waals surface area contributed by atoms with Crippen LogP contribution in [0.15, 0.2) is 53.7 Å². The first-order valence-corrected chi connectivity index (χ1v) is 7.85. The van der Waals surface area contributed by atoms with E-state index in [0.29, 0.717) is 18.1 Å². The standard InChI is InChI=1S/C19H23NO3/c1-22-18-12-11-17(15-20-21)14-19(18)23-13-7-3-6-10-16-8-4-2-5-9-16/h2,4-5,8-9,11-12,14-15,21H,3,6-7,10,13H2,1H3/b20-15+. The Labute approximate surface area is 137 Å². The monoisotopic (exact) mass is 313 g/mol. The van der Waals surface area contributed by atoms with Gasteiger partial charge in [-0.05, 0) is 49.4 Å². The molecule has 0 heterocycles. The van der Waals surface area contributed by atoms with Crippen molar-refractivity contribution in [1.82, 2.24) is 0 Å². The van der Waals surface area contributed by atoms with Crippen LogP contribution in [0, 0.1) is 0 Å². The molecular weight excluding hydrogens is 290 g/mol. The first kappa shape index (κ1) is 16.9. The fraction of sp³-hybridized carbons (Fsp3) is 0.316. The van der Waals surface area contributed by atoms with E-state index in [9.17, 15) is 0 Å². The van der Waals surface area contributed by atoms with Crippen LogP contribution < -0.4 is 9.47 Å². The topological polar surface area (TPSA) is 51.0 Å². The van der Waals surface area contributed by atoms with Crippen LogP contribution in [0.1, 0.15) is 30.4 Å². The average Bonchev–Trinajstić information content (AvgIpc) is 2.59. The zero-order valence-electron chi connectivity index (χ0n) is 13.4. The quantitative estimate of drug-likeness (QED) is 0.325. The highest BCUT2D eigenvalue weighted by atomic mass is 16.5. The lowest BCUT2D eigenvalue weighted by atomic mass is 10.1. The maximum absolute atomic E-state index is 8.60. The maximum atomic E-state index is 8.60. The van der Waals surface area contributed by atoms with E-state index in [1.165, 1.54) is 11.8 Å². The van der Waals surface area contributed by atoms with Gasteiger partial charge in [-0.15, -0.1) is 0 Å². The van der Waals surface area contributed by atoms with Crippen LogP contribution in [0.25, 0.3) is 0 Å². The number of rotatable bonds is 9. The second-order valence-electron chi connectivity index (χ2n) is 5.30. The van der Waals surface area contributed by atoms with Crippen molar-refractivity contribution < 1.29 is 14.7 Å². The van der Waals surface area contributed by atoms with Gasteiger partial charge in [-0.3, -0.25) is 0 Å². The largest absolute Gasteiger partial charge is 0.493 e. The lowest BCUT2D eigenvalue weighted by Crippen LogP contribution is -2.00. The molecule has 0 spiro atoms. The van der Waals surface area contributed by atoms with Gasteiger partial charge in [-0.2, -0.15) is 0 Å². The summed E-state index contributed by atoms with van der Waals surface area (Å²) in [6, 6.07) is 15.9. The third-order valence-electron chi connectivity index (χ3n) is 3.60. The first-order valence-electron chi connectivity index (χ1n) is 7.85. The molecule has 0 unspecified atom stereocenters. The first-order chi connectivity index (χ1) is 11.3. The second-order valence-corrected chi connectivity index (χ2v) is 5.30. The summed E-state index contributed by atoms with van der Waals surface area (Å²) in [5.74, 6) is 1.36. The minimum atomic E-state index is 0.644. The summed E-state index contributed by atoms with van der Waals surface area (Å²) < 4.78 is 11.1. The van der Waals surface area contributed by atoms with E-state index in [2.05, 4.69) is 29.4 Å². The molecule has 0 radical (unpaired) electrons. The van der Waals surface area contributed by atoms with Gasteiger partial charge < -0.3 is 14.7 Å². The van der Waals surface area contributed by atoms with E-state index >= 15 is 0 Å². The SMILES string of the molecule is COc1ccc(/C=N/O)cc1OCCCCCc1ccccc1. The molecule has 0 fully saturated rings. The normalized spacial score (nSPS) is 10.8. The maximum Gasteiger partial charge on any atom is 0.161 e. The zero-order valence-corrected chi connectivity index (χ0v) is 13.4. The minimum absolute atomic E-state index is 0.644. The van der Waals surface area contributed by atoms with Gasteiger partial charge in [0.15, 0.2) is 11.5 Å². The molecule has 0 atom stereocenters. The molecule has 0 saturated heterocycles. The third-order valence-corrected chi connectivity index (χ3v) is 3.60. The van der Waals surface area contributed by atoms with E-state index in [1.54, 1.807) is 7.11 Å². The number of ether oxygens (including phenoxy) is 2. The summed E-state index contributed by atoms with van der Waals surface area (Å²) in [7, 11) is 1.61. The molecule has 2 rings (SSSR count). The number of benzene rings is 2. The summed E-state index contributed by atoms with van der Waals surface area (Å²) in [4.78, 5) is 0. The predicted molar refractivity (Wildman–Crippen MR) is 91.9 cm³/mol. The second kappa shape index (κ2) is 9.51. The number of unbranched alkanes of at least 4 members (excludes halogenated alkanes) is 2. The van der Waals surface area contributed by atoms with Gasteiger partial charge in [0.05, 0.1) is 19.9 Å². The Kier molecular flexibility index (Phi) is 6.98. The molecule has 0 amide bonds. The van der Waals surface area contributed by atoms with Crippen molar-refractivity contribution in [2.75, 3.05) is 13.7 Å². The van der Waals surface area contributed by atoms with Crippen molar-refractivity contribution in [2.45, 2.75) is 25.7 Å². The Balaban J connectivity index is 1.74. The molecule has 4 nitrogen and oxygen atoms in total. The van der Waals surface area contributed by atoms with Gasteiger partial charge in [0.25, 0.3) is 0 Å². The number of hydrogen-bond acceptors (Lipinski definition) is 4. The smallest absolute Gasteiger partial charge is 0.161 e. The Bertz CT molecular complexity index is 611. The van der Waals surface area contributed by atoms with Gasteiger partial charge in [0.2, 0.25) is 0 Å². The van der Waals surface area contributed by atoms with Crippen molar-refractivity contribution in [2.24, 2.45) is 5.16 Å². The summed E-state index contributed by atoms with van der Waals surface area (Å²) in [5.41, 5.74) is 2.15. The molecule has 0 aliphatic carbocycles. The molecule has 122 valence electrons. The zero-order chi connectivity index (χ0) is 16.3. The average molecular weight is 313 g/mol. The third kappa shape index (κ3) is 5.66. The van der Waals surface area contributed by atoms with E-state index in [0.717, 1.165) is 31.2 Å². The van der Waals surface area contributed by atoms with Gasteiger partial charge in [0.1, 0.15) is 0 Å². The van der Waals surface area contributed by atoms with Crippen LogP contribution in [0.3, 0.4) is 0 Å². The summed E-state index contributed by atoms with van der Waals surface area (Å²) in [6.45, 7) is 0.644. The van der Waals surface area contributed by atoms with Crippen molar-refractivity contribution in [1.29, 1.82) is 0 Å². The Morgan fingerprint density at radius 3 is 2.57 bits per heavy atom. The van der Waals surface area contributed by atoms with Crippen LogP contribution in [0.5, 0.6) is 11.5 Å². The lowest BCUT2D eigenvalue weighted by molar-refractivity contribution is 0.285. The molecule has 0 saturated carbocycles. The number of aryl methyl sites for hydroxylation is 1. The molecule has 23 heavy (non-hydrogen) atoms. The fourth-order valence-corrected chi connectivity index (χ4v) is 2.39. The van der Waals surface area contributed by atoms with Crippen LogP contribution in [0.2, 0.25) is 0 Å². The Morgan fingerprint density at radius 1 is 1.00 bits per heavy atom. The van der Waals surface area contributed by atoms with E-state index in [1.807, 2.05) is 24.3 Å². The molecule has 4 heteroatoms. The number of methoxy groups -OCH3 is 1. The number of nitrogens with zero attached hydrogens (tertiary/aromatic N) is 1. The van der Waals surface area contributed by atoms with Gasteiger partial charge in [-0.1, -0.05) is 35.5 Å². The lowest BCUT2D eigenvalue weighted by Gasteiger charge is -2.11. The molecule has 0 bridgehead atoms. The Morgan fingerprint density at radius 2 is 1.83 bits per heavy atom. The van der Waals surface area contributed by atoms with Gasteiger partial charge in [-0.25, -0.2) is 0 Å². The van der Waals surface area contributed by atoms with Crippen LogP contribution in [-0.4, -0.2) is 25.1 Å². The molecule has 2 aromatic carbocycles. The summed E-state index contributed by atoms with van der Waals surface area (Å²) in [5, 5.41) is 11.6. The Hall–Kier alpha value is -2.49. The van der Waals surface area contributed by atoms with Crippen molar-refractivity contribution in [3.63, 3.8) is 0 Å². The summed E-state index contributed by atoms with van der Waals surface area (Å²) >= 11 is 0. The van der Waals surface area contributed by atoms with Crippen molar-refractivity contribution in [3.05, 3.63) is 59.7 Å². The van der Waals surface area contributed by atoms with Crippen LogP contribution in [0.4, 0.5) is 0 Å². The van der Waals surface area contributed by atoms with E-state index < -0.39 is 0 Å². The molecule has 0 aliphatic heterocycles. The highest BCUT2D eigenvalue weighted by Gasteiger charge is 2.05. The van der Waals surface area contributed by atoms with Gasteiger partial charge >= 0.3 is 0 Å². The van der Waals surface area contributed by atoms with Crippen LogP contribution in [-0.2, 0) is 6.42 Å². The number of hydrogen-bond donors (Lipinski definition) is 1. The van der Waals surface area contributed by atoms with Crippen LogP contribution >= 0.6 is 0 Å². The minimum Gasteiger partial charge on any atom is -0.493 e. The predicted octanol–water partition coefficient (Wildman–Crippen LogP) is 4.30. The van der Waals surface area contributed by atoms with Crippen molar-refractivity contribution >= 4 is 6.21 Å². The molecule has 1 N–H and O–H groups in total. The highest BCUT2D eigenvalue weighted by Crippen LogP contribution is 2.27. The molecule has 0 aliphatic rings. The highest BCUT2D eigenvalue weighted by molar-refractivity contribution is 5.80. The fourth-order valence-electron chi connectivity index (χ4n) is 2.39. The molecule has 0 aromatic heterocycles. The summed E-state index contributed by atoms with van der Waals surface area (Å²) in [6.07, 6.45) is 5.74.